The zero-order valence-corrected chi connectivity index (χ0v) is 13.1. The summed E-state index contributed by atoms with van der Waals surface area (Å²) in [5.74, 6) is 1.69. The summed E-state index contributed by atoms with van der Waals surface area (Å²) in [6.45, 7) is 8.81. The quantitative estimate of drug-likeness (QED) is 0.855. The molecule has 0 saturated carbocycles. The predicted molar refractivity (Wildman–Crippen MR) is 86.0 cm³/mol. The molecule has 2 N–H and O–H groups in total. The van der Waals surface area contributed by atoms with Gasteiger partial charge in [0.15, 0.2) is 0 Å². The molecule has 110 valence electrons. The first-order valence-corrected chi connectivity index (χ1v) is 7.73. The van der Waals surface area contributed by atoms with E-state index < -0.39 is 0 Å². The van der Waals surface area contributed by atoms with E-state index in [0.29, 0.717) is 18.0 Å². The van der Waals surface area contributed by atoms with Crippen LogP contribution in [-0.2, 0) is 0 Å². The van der Waals surface area contributed by atoms with Crippen LogP contribution in [0.15, 0.2) is 24.3 Å². The Balaban J connectivity index is 2.26. The van der Waals surface area contributed by atoms with Gasteiger partial charge in [-0.05, 0) is 45.7 Å². The molecule has 2 rings (SSSR count). The molecule has 20 heavy (non-hydrogen) atoms. The van der Waals surface area contributed by atoms with E-state index in [2.05, 4.69) is 56.5 Å². The first kappa shape index (κ1) is 15.0. The number of nitrogens with two attached hydrogens (primary N) is 1. The summed E-state index contributed by atoms with van der Waals surface area (Å²) < 4.78 is 2.38. The van der Waals surface area contributed by atoms with Crippen LogP contribution in [0.25, 0.3) is 11.0 Å². The fourth-order valence-corrected chi connectivity index (χ4v) is 2.83. The van der Waals surface area contributed by atoms with Crippen molar-refractivity contribution in [3.8, 4) is 0 Å². The van der Waals surface area contributed by atoms with Gasteiger partial charge < -0.3 is 10.3 Å². The van der Waals surface area contributed by atoms with Gasteiger partial charge in [-0.3, -0.25) is 0 Å². The maximum absolute atomic E-state index is 5.84. The van der Waals surface area contributed by atoms with E-state index in [0.717, 1.165) is 18.4 Å². The van der Waals surface area contributed by atoms with Crippen molar-refractivity contribution in [2.45, 2.75) is 65.0 Å². The van der Waals surface area contributed by atoms with Gasteiger partial charge in [-0.25, -0.2) is 4.98 Å². The van der Waals surface area contributed by atoms with Crippen molar-refractivity contribution in [2.75, 3.05) is 0 Å². The Labute approximate surface area is 122 Å². The lowest BCUT2D eigenvalue weighted by Crippen LogP contribution is -2.15. The van der Waals surface area contributed by atoms with E-state index >= 15 is 0 Å². The SMILES string of the molecule is CC(N)CCCC(C)c1nc2ccccc2n1C(C)C. The molecule has 0 aliphatic rings. The number of fused-ring (bicyclic) bond motifs is 1. The third kappa shape index (κ3) is 3.21. The minimum atomic E-state index is 0.297. The third-order valence-corrected chi connectivity index (χ3v) is 3.88. The van der Waals surface area contributed by atoms with Gasteiger partial charge in [0.1, 0.15) is 5.82 Å². The van der Waals surface area contributed by atoms with Crippen molar-refractivity contribution >= 4 is 11.0 Å². The zero-order valence-electron chi connectivity index (χ0n) is 13.1. The molecule has 2 aromatic rings. The molecule has 0 aliphatic carbocycles. The molecule has 0 bridgehead atoms. The van der Waals surface area contributed by atoms with Crippen LogP contribution in [0.5, 0.6) is 0 Å². The Bertz CT molecular complexity index is 554. The Kier molecular flexibility index (Phi) is 4.81. The van der Waals surface area contributed by atoms with Crippen molar-refractivity contribution in [3.63, 3.8) is 0 Å². The topological polar surface area (TPSA) is 43.8 Å². The third-order valence-electron chi connectivity index (χ3n) is 3.88. The van der Waals surface area contributed by atoms with Crippen molar-refractivity contribution in [1.82, 2.24) is 9.55 Å². The first-order valence-electron chi connectivity index (χ1n) is 7.73. The molecule has 1 heterocycles. The van der Waals surface area contributed by atoms with Gasteiger partial charge >= 0.3 is 0 Å². The highest BCUT2D eigenvalue weighted by Crippen LogP contribution is 2.28. The number of hydrogen-bond acceptors (Lipinski definition) is 2. The highest BCUT2D eigenvalue weighted by atomic mass is 15.1. The number of rotatable bonds is 6. The lowest BCUT2D eigenvalue weighted by atomic mass is 10.0. The van der Waals surface area contributed by atoms with Gasteiger partial charge in [-0.2, -0.15) is 0 Å². The summed E-state index contributed by atoms with van der Waals surface area (Å²) >= 11 is 0. The average Bonchev–Trinajstić information content (AvgIpc) is 2.77. The first-order chi connectivity index (χ1) is 9.50. The minimum absolute atomic E-state index is 0.297. The second-order valence-corrected chi connectivity index (χ2v) is 6.23. The molecule has 0 aliphatic heterocycles. The minimum Gasteiger partial charge on any atom is -0.328 e. The molecule has 1 aromatic heterocycles. The van der Waals surface area contributed by atoms with Crippen LogP contribution < -0.4 is 5.73 Å². The van der Waals surface area contributed by atoms with E-state index in [9.17, 15) is 0 Å². The Hall–Kier alpha value is -1.35. The molecule has 2 unspecified atom stereocenters. The molecular weight excluding hydrogens is 246 g/mol. The lowest BCUT2D eigenvalue weighted by molar-refractivity contribution is 0.504. The molecule has 0 fully saturated rings. The fourth-order valence-electron chi connectivity index (χ4n) is 2.83. The highest BCUT2D eigenvalue weighted by molar-refractivity contribution is 5.76. The van der Waals surface area contributed by atoms with Gasteiger partial charge in [-0.1, -0.05) is 25.5 Å². The monoisotopic (exact) mass is 273 g/mol. The number of hydrogen-bond donors (Lipinski definition) is 1. The van der Waals surface area contributed by atoms with Crippen molar-refractivity contribution in [1.29, 1.82) is 0 Å². The van der Waals surface area contributed by atoms with Crippen LogP contribution in [0.4, 0.5) is 0 Å². The summed E-state index contributed by atoms with van der Waals surface area (Å²) in [5.41, 5.74) is 8.19. The van der Waals surface area contributed by atoms with Gasteiger partial charge in [0.05, 0.1) is 11.0 Å². The predicted octanol–water partition coefficient (Wildman–Crippen LogP) is 4.24. The number of nitrogens with zero attached hydrogens (tertiary/aromatic N) is 2. The molecule has 2 atom stereocenters. The number of benzene rings is 1. The van der Waals surface area contributed by atoms with Gasteiger partial charge in [0, 0.05) is 18.0 Å². The molecule has 0 saturated heterocycles. The summed E-state index contributed by atoms with van der Waals surface area (Å²) in [6, 6.07) is 9.16. The maximum atomic E-state index is 5.84. The summed E-state index contributed by atoms with van der Waals surface area (Å²) in [5, 5.41) is 0. The molecule has 3 heteroatoms. The molecule has 1 aromatic carbocycles. The highest BCUT2D eigenvalue weighted by Gasteiger charge is 2.18. The Morgan fingerprint density at radius 2 is 1.80 bits per heavy atom. The van der Waals surface area contributed by atoms with Crippen LogP contribution in [0.1, 0.15) is 64.7 Å². The van der Waals surface area contributed by atoms with Gasteiger partial charge in [-0.15, -0.1) is 0 Å². The number of imidazole rings is 1. The molecule has 0 spiro atoms. The van der Waals surface area contributed by atoms with Crippen LogP contribution in [-0.4, -0.2) is 15.6 Å². The summed E-state index contributed by atoms with van der Waals surface area (Å²) in [6.07, 6.45) is 3.41. The lowest BCUT2D eigenvalue weighted by Gasteiger charge is -2.18. The van der Waals surface area contributed by atoms with Crippen LogP contribution in [0, 0.1) is 0 Å². The smallest absolute Gasteiger partial charge is 0.112 e. The molecule has 0 radical (unpaired) electrons. The van der Waals surface area contributed by atoms with E-state index in [-0.39, 0.29) is 0 Å². The maximum Gasteiger partial charge on any atom is 0.112 e. The second-order valence-electron chi connectivity index (χ2n) is 6.23. The largest absolute Gasteiger partial charge is 0.328 e. The van der Waals surface area contributed by atoms with Crippen molar-refractivity contribution in [3.05, 3.63) is 30.1 Å². The number of para-hydroxylation sites is 2. The van der Waals surface area contributed by atoms with E-state index in [1.165, 1.54) is 17.8 Å². The van der Waals surface area contributed by atoms with Gasteiger partial charge in [0.25, 0.3) is 0 Å². The molecule has 0 amide bonds. The van der Waals surface area contributed by atoms with Crippen LogP contribution in [0.2, 0.25) is 0 Å². The van der Waals surface area contributed by atoms with Crippen LogP contribution in [0.3, 0.4) is 0 Å². The fraction of sp³-hybridized carbons (Fsp3) is 0.588. The Morgan fingerprint density at radius 3 is 2.45 bits per heavy atom. The van der Waals surface area contributed by atoms with Crippen molar-refractivity contribution < 1.29 is 0 Å². The summed E-state index contributed by atoms with van der Waals surface area (Å²) in [4.78, 5) is 4.86. The van der Waals surface area contributed by atoms with E-state index in [4.69, 9.17) is 10.7 Å². The standard InChI is InChI=1S/C17H27N3/c1-12(2)20-16-11-6-5-10-15(16)19-17(20)13(3)8-7-9-14(4)18/h5-6,10-14H,7-9,18H2,1-4H3. The van der Waals surface area contributed by atoms with Crippen LogP contribution >= 0.6 is 0 Å². The number of aromatic nitrogens is 2. The zero-order chi connectivity index (χ0) is 14.7. The average molecular weight is 273 g/mol. The molecular formula is C17H27N3. The summed E-state index contributed by atoms with van der Waals surface area (Å²) in [7, 11) is 0. The normalized spacial score (nSPS) is 14.9. The second kappa shape index (κ2) is 6.40. The van der Waals surface area contributed by atoms with Crippen molar-refractivity contribution in [2.24, 2.45) is 5.73 Å². The van der Waals surface area contributed by atoms with E-state index in [1.54, 1.807) is 0 Å². The Morgan fingerprint density at radius 1 is 1.10 bits per heavy atom. The van der Waals surface area contributed by atoms with E-state index in [1.807, 2.05) is 0 Å². The molecule has 3 nitrogen and oxygen atoms in total. The van der Waals surface area contributed by atoms with Gasteiger partial charge in [0.2, 0.25) is 0 Å².